The first kappa shape index (κ1) is 32.7. The van der Waals surface area contributed by atoms with Crippen molar-refractivity contribution in [3.8, 4) is 0 Å². The van der Waals surface area contributed by atoms with Crippen molar-refractivity contribution in [3.63, 3.8) is 0 Å². The molecular weight excluding hydrogens is 591 g/mol. The molecule has 234 valence electrons. The zero-order chi connectivity index (χ0) is 31.5. The maximum Gasteiger partial charge on any atom is 0.456 e. The highest BCUT2D eigenvalue weighted by Gasteiger charge is 2.52. The van der Waals surface area contributed by atoms with E-state index in [1.807, 2.05) is 48.5 Å². The number of hydrogen-bond donors (Lipinski definition) is 2. The molecule has 0 bridgehead atoms. The lowest BCUT2D eigenvalue weighted by Crippen LogP contribution is -2.66. The molecule has 2 aromatic carbocycles. The van der Waals surface area contributed by atoms with Crippen molar-refractivity contribution < 1.29 is 32.0 Å². The van der Waals surface area contributed by atoms with Crippen LogP contribution in [0.3, 0.4) is 0 Å². The van der Waals surface area contributed by atoms with Crippen LogP contribution in [0.2, 0.25) is 11.4 Å². The third-order valence-electron chi connectivity index (χ3n) is 8.89. The smallest absolute Gasteiger partial charge is 0.456 e. The molecule has 0 unspecified atom stereocenters. The van der Waals surface area contributed by atoms with Crippen molar-refractivity contribution in [1.82, 2.24) is 0 Å². The lowest BCUT2D eigenvalue weighted by atomic mass is 9.74. The maximum atomic E-state index is 13.5. The van der Waals surface area contributed by atoms with Gasteiger partial charge in [0.05, 0.1) is 23.7 Å². The van der Waals surface area contributed by atoms with Crippen LogP contribution >= 0.6 is 0 Å². The number of sulfone groups is 1. The van der Waals surface area contributed by atoms with Gasteiger partial charge in [0.1, 0.15) is 18.1 Å². The molecule has 0 spiro atoms. The Balaban J connectivity index is 1.49. The van der Waals surface area contributed by atoms with E-state index in [9.17, 15) is 18.5 Å². The molecule has 1 saturated heterocycles. The van der Waals surface area contributed by atoms with Crippen LogP contribution < -0.4 is 10.4 Å². The summed E-state index contributed by atoms with van der Waals surface area (Å²) in [4.78, 5) is 0. The van der Waals surface area contributed by atoms with Crippen LogP contribution in [0.4, 0.5) is 0 Å². The molecule has 7 nitrogen and oxygen atoms in total. The highest BCUT2D eigenvalue weighted by Crippen LogP contribution is 2.42. The van der Waals surface area contributed by atoms with Gasteiger partial charge in [-0.3, -0.25) is 0 Å². The summed E-state index contributed by atoms with van der Waals surface area (Å²) < 4.78 is 45.9. The van der Waals surface area contributed by atoms with Crippen LogP contribution in [0, 0.1) is 0 Å². The number of benzene rings is 2. The Morgan fingerprint density at radius 3 is 2.23 bits per heavy atom. The predicted molar refractivity (Wildman–Crippen MR) is 178 cm³/mol. The first-order valence-electron chi connectivity index (χ1n) is 15.4. The quantitative estimate of drug-likeness (QED) is 0.229. The summed E-state index contributed by atoms with van der Waals surface area (Å²) in [7, 11) is -7.56. The van der Waals surface area contributed by atoms with Crippen molar-refractivity contribution in [2.75, 3.05) is 12.4 Å². The average Bonchev–Trinajstić information content (AvgIpc) is 3.56. The third kappa shape index (κ3) is 6.61. The minimum Gasteiger partial charge on any atom is -0.459 e. The van der Waals surface area contributed by atoms with E-state index in [0.717, 1.165) is 33.5 Å². The zero-order valence-corrected chi connectivity index (χ0v) is 27.8. The molecule has 0 aliphatic carbocycles. The molecule has 0 radical (unpaired) electrons. The fraction of sp³-hybridized carbons (Fsp3) is 0.412. The molecule has 44 heavy (non-hydrogen) atoms. The number of furan rings is 1. The van der Waals surface area contributed by atoms with Gasteiger partial charge in [0.15, 0.2) is 9.84 Å². The second-order valence-electron chi connectivity index (χ2n) is 12.8. The Morgan fingerprint density at radius 2 is 1.68 bits per heavy atom. The minimum atomic E-state index is -3.52. The summed E-state index contributed by atoms with van der Waals surface area (Å²) in [5.74, 6) is 1.07. The van der Waals surface area contributed by atoms with Crippen molar-refractivity contribution in [3.05, 3.63) is 101 Å². The van der Waals surface area contributed by atoms with Crippen LogP contribution in [0.1, 0.15) is 58.5 Å². The molecule has 3 aromatic rings. The van der Waals surface area contributed by atoms with Gasteiger partial charge < -0.3 is 23.6 Å². The van der Waals surface area contributed by atoms with Gasteiger partial charge in [0.2, 0.25) is 0 Å². The molecule has 5 rings (SSSR count). The highest BCUT2D eigenvalue weighted by atomic mass is 32.2. The summed E-state index contributed by atoms with van der Waals surface area (Å²) in [6.07, 6.45) is 3.39. The Hall–Kier alpha value is -2.73. The molecular formula is C34H43BO7SSi. The number of hydrogen-bond acceptors (Lipinski definition) is 7. The van der Waals surface area contributed by atoms with Crippen molar-refractivity contribution in [2.45, 2.75) is 76.3 Å². The first-order valence-corrected chi connectivity index (χ1v) is 19.0. The van der Waals surface area contributed by atoms with E-state index in [-0.39, 0.29) is 30.3 Å². The lowest BCUT2D eigenvalue weighted by Gasteiger charge is -2.43. The van der Waals surface area contributed by atoms with Crippen LogP contribution in [0.5, 0.6) is 0 Å². The zero-order valence-electron chi connectivity index (χ0n) is 26.0. The summed E-state index contributed by atoms with van der Waals surface area (Å²) >= 11 is 0. The minimum absolute atomic E-state index is 0.0314. The summed E-state index contributed by atoms with van der Waals surface area (Å²) in [5, 5.41) is 21.2. The fourth-order valence-corrected chi connectivity index (χ4v) is 13.4. The molecule has 1 aromatic heterocycles. The topological polar surface area (TPSA) is 106 Å². The van der Waals surface area contributed by atoms with Gasteiger partial charge in [-0.1, -0.05) is 93.9 Å². The molecule has 2 atom stereocenters. The molecule has 10 heteroatoms. The van der Waals surface area contributed by atoms with Gasteiger partial charge in [-0.05, 0) is 64.0 Å². The molecule has 1 fully saturated rings. The van der Waals surface area contributed by atoms with Gasteiger partial charge in [-0.2, -0.15) is 0 Å². The van der Waals surface area contributed by atoms with Crippen LogP contribution in [-0.4, -0.2) is 57.7 Å². The third-order valence-corrected chi connectivity index (χ3v) is 15.9. The van der Waals surface area contributed by atoms with E-state index in [2.05, 4.69) is 52.0 Å². The van der Waals surface area contributed by atoms with E-state index in [1.54, 1.807) is 6.07 Å². The SMILES string of the molecule is CC/C(=C\c1ccc(CO)o1)CC[C@H]1OB(O)C[C@H]2C1=C(CO[Si](c1ccccc1)(c1ccccc1)C(C)(C)C)CS2(=O)=O. The molecule has 2 aliphatic heterocycles. The van der Waals surface area contributed by atoms with E-state index in [0.29, 0.717) is 24.4 Å². The number of fused-ring (bicyclic) bond motifs is 1. The van der Waals surface area contributed by atoms with Gasteiger partial charge in [0.25, 0.3) is 8.32 Å². The van der Waals surface area contributed by atoms with Crippen molar-refractivity contribution in [1.29, 1.82) is 0 Å². The molecule has 0 amide bonds. The average molecular weight is 635 g/mol. The fourth-order valence-electron chi connectivity index (χ4n) is 6.79. The van der Waals surface area contributed by atoms with Crippen LogP contribution in [0.15, 0.2) is 93.9 Å². The maximum absolute atomic E-state index is 13.5. The van der Waals surface area contributed by atoms with E-state index in [1.165, 1.54) is 0 Å². The van der Waals surface area contributed by atoms with Gasteiger partial charge in [0, 0.05) is 6.32 Å². The second-order valence-corrected chi connectivity index (χ2v) is 19.3. The molecule has 2 N–H and O–H groups in total. The molecule has 0 saturated carbocycles. The summed E-state index contributed by atoms with van der Waals surface area (Å²) in [6.45, 7) is 8.69. The number of allylic oxidation sites excluding steroid dienone is 1. The van der Waals surface area contributed by atoms with E-state index < -0.39 is 36.6 Å². The monoisotopic (exact) mass is 634 g/mol. The van der Waals surface area contributed by atoms with Gasteiger partial charge >= 0.3 is 7.12 Å². The molecule has 2 aliphatic rings. The summed E-state index contributed by atoms with van der Waals surface area (Å²) in [6, 6.07) is 24.2. The first-order chi connectivity index (χ1) is 21.0. The van der Waals surface area contributed by atoms with Gasteiger partial charge in [-0.15, -0.1) is 0 Å². The Kier molecular flexibility index (Phi) is 9.89. The standard InChI is InChI=1S/C34H43BO7SSi/c1-5-25(20-27-17-18-28(22-36)41-27)16-19-31-33-26(24-43(38,39)32(33)21-35(37)42-31)23-40-44(34(2,3)4,29-12-8-6-9-13-29)30-14-10-7-11-15-30/h6-15,17-18,20,31-32,36-37H,5,16,19,21-24H2,1-4H3/b25-20+/t31-,32+/m1/s1. The Labute approximate surface area is 262 Å². The number of rotatable bonds is 11. The van der Waals surface area contributed by atoms with E-state index >= 15 is 0 Å². The van der Waals surface area contributed by atoms with Crippen molar-refractivity contribution in [2.24, 2.45) is 0 Å². The second kappa shape index (κ2) is 13.3. The largest absolute Gasteiger partial charge is 0.459 e. The molecule has 3 heterocycles. The van der Waals surface area contributed by atoms with Crippen LogP contribution in [0.25, 0.3) is 6.08 Å². The number of aliphatic hydroxyl groups excluding tert-OH is 1. The van der Waals surface area contributed by atoms with E-state index in [4.69, 9.17) is 13.5 Å². The van der Waals surface area contributed by atoms with Crippen LogP contribution in [-0.2, 0) is 25.5 Å². The summed E-state index contributed by atoms with van der Waals surface area (Å²) in [5.41, 5.74) is 2.61. The number of aliphatic hydroxyl groups is 1. The predicted octanol–water partition coefficient (Wildman–Crippen LogP) is 4.90. The lowest BCUT2D eigenvalue weighted by molar-refractivity contribution is 0.168. The Morgan fingerprint density at radius 1 is 1.05 bits per heavy atom. The van der Waals surface area contributed by atoms with Gasteiger partial charge in [-0.25, -0.2) is 8.42 Å². The highest BCUT2D eigenvalue weighted by molar-refractivity contribution is 7.92. The Bertz CT molecular complexity index is 1550. The normalized spacial score (nSPS) is 20.7. The van der Waals surface area contributed by atoms with Crippen molar-refractivity contribution >= 4 is 41.7 Å².